The standard InChI is InChI=1S/C24H29FN6O2/c1-24(2,3)23-29-22(33-30-23)21(32)28-14-17-5-4-16(12-18(17)13-25)19-6-7-27-15-20(19)31-10-8-26-9-11-31/h4-7,12,15,26H,8-11,13-14H2,1-3H3,(H,28,32). The zero-order valence-electron chi connectivity index (χ0n) is 19.2. The summed E-state index contributed by atoms with van der Waals surface area (Å²) in [6.45, 7) is 8.95. The van der Waals surface area contributed by atoms with Gasteiger partial charge in [-0.3, -0.25) is 9.78 Å². The quantitative estimate of drug-likeness (QED) is 0.593. The molecule has 0 unspecified atom stereocenters. The van der Waals surface area contributed by atoms with E-state index in [2.05, 4.69) is 30.7 Å². The topological polar surface area (TPSA) is 96.2 Å². The van der Waals surface area contributed by atoms with Gasteiger partial charge in [0.1, 0.15) is 6.67 Å². The van der Waals surface area contributed by atoms with Crippen LogP contribution in [0.4, 0.5) is 10.1 Å². The molecule has 174 valence electrons. The molecule has 1 fully saturated rings. The van der Waals surface area contributed by atoms with Gasteiger partial charge in [0.25, 0.3) is 0 Å². The first kappa shape index (κ1) is 22.8. The summed E-state index contributed by atoms with van der Waals surface area (Å²) in [6.07, 6.45) is 3.61. The molecule has 0 aliphatic carbocycles. The smallest absolute Gasteiger partial charge is 0.315 e. The summed E-state index contributed by atoms with van der Waals surface area (Å²) in [7, 11) is 0. The molecule has 0 spiro atoms. The van der Waals surface area contributed by atoms with Gasteiger partial charge in [-0.2, -0.15) is 4.98 Å². The molecule has 2 N–H and O–H groups in total. The zero-order chi connectivity index (χ0) is 23.4. The summed E-state index contributed by atoms with van der Waals surface area (Å²) in [6, 6.07) is 7.60. The number of carbonyl (C=O) groups is 1. The summed E-state index contributed by atoms with van der Waals surface area (Å²) < 4.78 is 19.0. The number of benzene rings is 1. The molecule has 9 heteroatoms. The maximum Gasteiger partial charge on any atom is 0.315 e. The molecule has 1 aliphatic rings. The van der Waals surface area contributed by atoms with Crippen LogP contribution in [0.1, 0.15) is 48.4 Å². The Kier molecular flexibility index (Phi) is 6.69. The second-order valence-corrected chi connectivity index (χ2v) is 9.10. The molecule has 0 atom stereocenters. The second kappa shape index (κ2) is 9.66. The van der Waals surface area contributed by atoms with Crippen molar-refractivity contribution in [3.05, 3.63) is 59.5 Å². The second-order valence-electron chi connectivity index (χ2n) is 9.10. The lowest BCUT2D eigenvalue weighted by molar-refractivity contribution is 0.0906. The van der Waals surface area contributed by atoms with E-state index in [1.807, 2.05) is 51.2 Å². The Labute approximate surface area is 192 Å². The average Bonchev–Trinajstić information content (AvgIpc) is 3.34. The molecule has 4 rings (SSSR count). The number of rotatable bonds is 6. The summed E-state index contributed by atoms with van der Waals surface area (Å²) >= 11 is 0. The van der Waals surface area contributed by atoms with Crippen molar-refractivity contribution in [1.82, 2.24) is 25.8 Å². The highest BCUT2D eigenvalue weighted by atomic mass is 19.1. The number of pyridine rings is 1. The minimum Gasteiger partial charge on any atom is -0.367 e. The third-order valence-corrected chi connectivity index (χ3v) is 5.65. The minimum atomic E-state index is -0.637. The molecule has 1 aliphatic heterocycles. The van der Waals surface area contributed by atoms with E-state index in [1.54, 1.807) is 6.20 Å². The number of hydrogen-bond acceptors (Lipinski definition) is 7. The van der Waals surface area contributed by atoms with Crippen molar-refractivity contribution in [3.8, 4) is 11.1 Å². The number of halogens is 1. The molecule has 1 amide bonds. The molecule has 0 saturated carbocycles. The number of nitrogens with zero attached hydrogens (tertiary/aromatic N) is 4. The molecule has 0 bridgehead atoms. The van der Waals surface area contributed by atoms with Crippen molar-refractivity contribution in [1.29, 1.82) is 0 Å². The third-order valence-electron chi connectivity index (χ3n) is 5.65. The van der Waals surface area contributed by atoms with Crippen molar-refractivity contribution in [2.24, 2.45) is 0 Å². The number of alkyl halides is 1. The number of nitrogens with one attached hydrogen (secondary N) is 2. The van der Waals surface area contributed by atoms with Crippen LogP contribution in [-0.2, 0) is 18.6 Å². The Hall–Kier alpha value is -3.33. The van der Waals surface area contributed by atoms with E-state index < -0.39 is 12.6 Å². The molecule has 2 aromatic heterocycles. The summed E-state index contributed by atoms with van der Waals surface area (Å²) in [5.74, 6) is -0.128. The van der Waals surface area contributed by atoms with Crippen molar-refractivity contribution in [3.63, 3.8) is 0 Å². The number of piperazine rings is 1. The highest BCUT2D eigenvalue weighted by molar-refractivity contribution is 5.89. The van der Waals surface area contributed by atoms with Crippen molar-refractivity contribution in [2.45, 2.75) is 39.4 Å². The monoisotopic (exact) mass is 452 g/mol. The number of anilines is 1. The third kappa shape index (κ3) is 5.19. The van der Waals surface area contributed by atoms with Gasteiger partial charge < -0.3 is 20.1 Å². The van der Waals surface area contributed by atoms with Gasteiger partial charge in [-0.1, -0.05) is 38.1 Å². The zero-order valence-corrected chi connectivity index (χ0v) is 19.2. The van der Waals surface area contributed by atoms with Gasteiger partial charge in [0.2, 0.25) is 0 Å². The lowest BCUT2D eigenvalue weighted by Gasteiger charge is -2.31. The highest BCUT2D eigenvalue weighted by Crippen LogP contribution is 2.32. The van der Waals surface area contributed by atoms with E-state index in [-0.39, 0.29) is 17.9 Å². The van der Waals surface area contributed by atoms with Crippen molar-refractivity contribution in [2.75, 3.05) is 31.1 Å². The lowest BCUT2D eigenvalue weighted by Crippen LogP contribution is -2.43. The van der Waals surface area contributed by atoms with Gasteiger partial charge in [-0.25, -0.2) is 4.39 Å². The molecule has 1 saturated heterocycles. The van der Waals surface area contributed by atoms with Crippen LogP contribution in [0.2, 0.25) is 0 Å². The average molecular weight is 453 g/mol. The molecular weight excluding hydrogens is 423 g/mol. The van der Waals surface area contributed by atoms with Crippen molar-refractivity contribution < 1.29 is 13.7 Å². The molecule has 0 radical (unpaired) electrons. The molecular formula is C24H29FN6O2. The summed E-state index contributed by atoms with van der Waals surface area (Å²) in [5.41, 5.74) is 3.87. The van der Waals surface area contributed by atoms with Crippen LogP contribution in [0, 0.1) is 0 Å². The van der Waals surface area contributed by atoms with Crippen molar-refractivity contribution >= 4 is 11.6 Å². The molecule has 1 aromatic carbocycles. The predicted octanol–water partition coefficient (Wildman–Crippen LogP) is 3.24. The minimum absolute atomic E-state index is 0.101. The normalized spacial score (nSPS) is 14.4. The van der Waals surface area contributed by atoms with Crippen LogP contribution in [-0.4, -0.2) is 47.2 Å². The number of carbonyl (C=O) groups excluding carboxylic acids is 1. The van der Waals surface area contributed by atoms with E-state index in [9.17, 15) is 9.18 Å². The van der Waals surface area contributed by atoms with E-state index in [0.717, 1.165) is 43.0 Å². The lowest BCUT2D eigenvalue weighted by atomic mass is 9.96. The van der Waals surface area contributed by atoms with Gasteiger partial charge >= 0.3 is 11.8 Å². The van der Waals surface area contributed by atoms with Crippen LogP contribution in [0.25, 0.3) is 11.1 Å². The summed E-state index contributed by atoms with van der Waals surface area (Å²) in [4.78, 5) is 23.2. The first-order valence-corrected chi connectivity index (χ1v) is 11.1. The Morgan fingerprint density at radius 1 is 1.21 bits per heavy atom. The Bertz CT molecular complexity index is 1120. The highest BCUT2D eigenvalue weighted by Gasteiger charge is 2.24. The van der Waals surface area contributed by atoms with E-state index in [1.165, 1.54) is 0 Å². The van der Waals surface area contributed by atoms with Gasteiger partial charge in [-0.15, -0.1) is 0 Å². The molecule has 33 heavy (non-hydrogen) atoms. The molecule has 3 heterocycles. The van der Waals surface area contributed by atoms with E-state index in [0.29, 0.717) is 17.0 Å². The Morgan fingerprint density at radius 2 is 2.00 bits per heavy atom. The van der Waals surface area contributed by atoms with Crippen LogP contribution < -0.4 is 15.5 Å². The SMILES string of the molecule is CC(C)(C)c1noc(C(=O)NCc2ccc(-c3ccncc3N3CCNCC3)cc2CF)n1. The first-order chi connectivity index (χ1) is 15.9. The van der Waals surface area contributed by atoms with Gasteiger partial charge in [-0.05, 0) is 28.8 Å². The fraction of sp³-hybridized carbons (Fsp3) is 0.417. The number of amides is 1. The fourth-order valence-corrected chi connectivity index (χ4v) is 3.75. The first-order valence-electron chi connectivity index (χ1n) is 11.1. The maximum absolute atomic E-state index is 13.9. The largest absolute Gasteiger partial charge is 0.367 e. The van der Waals surface area contributed by atoms with E-state index >= 15 is 0 Å². The fourth-order valence-electron chi connectivity index (χ4n) is 3.75. The maximum atomic E-state index is 13.9. The van der Waals surface area contributed by atoms with Gasteiger partial charge in [0.15, 0.2) is 5.82 Å². The summed E-state index contributed by atoms with van der Waals surface area (Å²) in [5, 5.41) is 9.97. The van der Waals surface area contributed by atoms with Crippen LogP contribution >= 0.6 is 0 Å². The number of aromatic nitrogens is 3. The predicted molar refractivity (Wildman–Crippen MR) is 124 cm³/mol. The van der Waals surface area contributed by atoms with Gasteiger partial charge in [0.05, 0.1) is 11.9 Å². The van der Waals surface area contributed by atoms with E-state index in [4.69, 9.17) is 4.52 Å². The number of hydrogen-bond donors (Lipinski definition) is 2. The Balaban J connectivity index is 1.51. The van der Waals surface area contributed by atoms with Crippen LogP contribution in [0.5, 0.6) is 0 Å². The van der Waals surface area contributed by atoms with Gasteiger partial charge in [0, 0.05) is 49.9 Å². The Morgan fingerprint density at radius 3 is 2.70 bits per heavy atom. The molecule has 8 nitrogen and oxygen atoms in total. The van der Waals surface area contributed by atoms with Crippen LogP contribution in [0.3, 0.4) is 0 Å². The molecule has 3 aromatic rings. The van der Waals surface area contributed by atoms with Crippen LogP contribution in [0.15, 0.2) is 41.2 Å².